The molecule has 188 valence electrons. The van der Waals surface area contributed by atoms with Gasteiger partial charge in [-0.2, -0.15) is 0 Å². The van der Waals surface area contributed by atoms with Gasteiger partial charge in [-0.25, -0.2) is 14.8 Å². The molecule has 0 fully saturated rings. The Balaban J connectivity index is 1.43. The largest absolute Gasteiger partial charge is 0.449 e. The van der Waals surface area contributed by atoms with Crippen molar-refractivity contribution in [2.45, 2.75) is 20.0 Å². The third-order valence-electron chi connectivity index (χ3n) is 6.17. The topological polar surface area (TPSA) is 81.2 Å². The SMILES string of the molecule is Cc1c(Cl)cccc1NC(=O)C(C)OC(=O)c1ccc2nc(-c3ccccc3)c(-c3ccccc3)nc2c1. The zero-order valence-electron chi connectivity index (χ0n) is 20.8. The number of amides is 1. The molecule has 0 saturated heterocycles. The summed E-state index contributed by atoms with van der Waals surface area (Å²) < 4.78 is 5.47. The van der Waals surface area contributed by atoms with Gasteiger partial charge in [-0.15, -0.1) is 0 Å². The molecule has 6 nitrogen and oxygen atoms in total. The Hall–Kier alpha value is -4.55. The van der Waals surface area contributed by atoms with Gasteiger partial charge in [0.25, 0.3) is 5.91 Å². The zero-order valence-corrected chi connectivity index (χ0v) is 21.6. The van der Waals surface area contributed by atoms with Crippen LogP contribution < -0.4 is 5.32 Å². The lowest BCUT2D eigenvalue weighted by molar-refractivity contribution is -0.123. The number of halogens is 1. The van der Waals surface area contributed by atoms with E-state index in [0.717, 1.165) is 22.4 Å². The van der Waals surface area contributed by atoms with Crippen LogP contribution in [0.1, 0.15) is 22.8 Å². The van der Waals surface area contributed by atoms with E-state index in [1.54, 1.807) is 43.3 Å². The van der Waals surface area contributed by atoms with Crippen molar-refractivity contribution in [2.75, 3.05) is 5.32 Å². The van der Waals surface area contributed by atoms with Crippen LogP contribution in [0.2, 0.25) is 5.02 Å². The molecule has 5 rings (SSSR count). The molecular weight excluding hydrogens is 498 g/mol. The molecule has 7 heteroatoms. The molecule has 0 bridgehead atoms. The molecule has 4 aromatic carbocycles. The Morgan fingerprint density at radius 2 is 1.39 bits per heavy atom. The van der Waals surface area contributed by atoms with Gasteiger partial charge in [-0.3, -0.25) is 4.79 Å². The van der Waals surface area contributed by atoms with E-state index >= 15 is 0 Å². The van der Waals surface area contributed by atoms with Gasteiger partial charge in [-0.1, -0.05) is 78.3 Å². The van der Waals surface area contributed by atoms with E-state index in [1.807, 2.05) is 60.7 Å². The van der Waals surface area contributed by atoms with Crippen LogP contribution in [0.5, 0.6) is 0 Å². The summed E-state index contributed by atoms with van der Waals surface area (Å²) in [6.07, 6.45) is -1.03. The van der Waals surface area contributed by atoms with Crippen molar-refractivity contribution in [1.29, 1.82) is 0 Å². The molecule has 0 aliphatic heterocycles. The van der Waals surface area contributed by atoms with Gasteiger partial charge in [0.2, 0.25) is 0 Å². The highest BCUT2D eigenvalue weighted by atomic mass is 35.5. The van der Waals surface area contributed by atoms with Gasteiger partial charge in [-0.05, 0) is 49.7 Å². The van der Waals surface area contributed by atoms with Crippen LogP contribution in [-0.4, -0.2) is 27.9 Å². The van der Waals surface area contributed by atoms with Crippen molar-refractivity contribution >= 4 is 40.2 Å². The lowest BCUT2D eigenvalue weighted by atomic mass is 10.0. The fourth-order valence-electron chi connectivity index (χ4n) is 4.04. The average Bonchev–Trinajstić information content (AvgIpc) is 2.95. The molecular formula is C31H24ClN3O3. The Morgan fingerprint density at radius 3 is 2.03 bits per heavy atom. The van der Waals surface area contributed by atoms with Crippen LogP contribution in [0.15, 0.2) is 97.1 Å². The minimum Gasteiger partial charge on any atom is -0.449 e. The molecule has 1 N–H and O–H groups in total. The number of hydrogen-bond acceptors (Lipinski definition) is 5. The predicted octanol–water partition coefficient (Wildman–Crippen LogP) is 7.11. The summed E-state index contributed by atoms with van der Waals surface area (Å²) in [7, 11) is 0. The Kier molecular flexibility index (Phi) is 7.15. The quantitative estimate of drug-likeness (QED) is 0.241. The monoisotopic (exact) mass is 521 g/mol. The summed E-state index contributed by atoms with van der Waals surface area (Å²) in [5, 5.41) is 3.30. The van der Waals surface area contributed by atoms with Crippen LogP contribution in [-0.2, 0) is 9.53 Å². The van der Waals surface area contributed by atoms with E-state index in [0.29, 0.717) is 27.4 Å². The van der Waals surface area contributed by atoms with E-state index in [9.17, 15) is 9.59 Å². The molecule has 0 spiro atoms. The van der Waals surface area contributed by atoms with Gasteiger partial charge < -0.3 is 10.1 Å². The molecule has 1 heterocycles. The van der Waals surface area contributed by atoms with E-state index in [1.165, 1.54) is 6.92 Å². The summed E-state index contributed by atoms with van der Waals surface area (Å²) in [6, 6.07) is 29.9. The lowest BCUT2D eigenvalue weighted by Gasteiger charge is -2.15. The van der Waals surface area contributed by atoms with Gasteiger partial charge in [0.1, 0.15) is 0 Å². The Morgan fingerprint density at radius 1 is 0.789 bits per heavy atom. The number of carbonyl (C=O) groups is 2. The molecule has 1 atom stereocenters. The number of fused-ring (bicyclic) bond motifs is 1. The number of carbonyl (C=O) groups excluding carboxylic acids is 2. The second-order valence-corrected chi connectivity index (χ2v) is 9.21. The number of nitrogens with one attached hydrogen (secondary N) is 1. The van der Waals surface area contributed by atoms with Gasteiger partial charge in [0, 0.05) is 21.8 Å². The molecule has 0 saturated carbocycles. The van der Waals surface area contributed by atoms with Crippen LogP contribution in [0, 0.1) is 6.92 Å². The van der Waals surface area contributed by atoms with Crippen molar-refractivity contribution in [2.24, 2.45) is 0 Å². The van der Waals surface area contributed by atoms with Crippen molar-refractivity contribution < 1.29 is 14.3 Å². The number of ether oxygens (including phenoxy) is 1. The van der Waals surface area contributed by atoms with Crippen molar-refractivity contribution in [3.8, 4) is 22.5 Å². The molecule has 1 amide bonds. The summed E-state index contributed by atoms with van der Waals surface area (Å²) >= 11 is 6.14. The first-order valence-electron chi connectivity index (χ1n) is 12.1. The summed E-state index contributed by atoms with van der Waals surface area (Å²) in [6.45, 7) is 3.32. The fourth-order valence-corrected chi connectivity index (χ4v) is 4.21. The highest BCUT2D eigenvalue weighted by molar-refractivity contribution is 6.31. The van der Waals surface area contributed by atoms with Gasteiger partial charge in [0.05, 0.1) is 28.0 Å². The minimum absolute atomic E-state index is 0.275. The standard InChI is InChI=1S/C31H24ClN3O3/c1-19-24(32)14-9-15-25(19)35-30(36)20(2)38-31(37)23-16-17-26-27(18-23)34-29(22-12-7-4-8-13-22)28(33-26)21-10-5-3-6-11-21/h3-18,20H,1-2H3,(H,35,36). The predicted molar refractivity (Wildman–Crippen MR) is 150 cm³/mol. The summed E-state index contributed by atoms with van der Waals surface area (Å²) in [4.78, 5) is 35.4. The molecule has 1 aromatic heterocycles. The fraction of sp³-hybridized carbons (Fsp3) is 0.0968. The van der Waals surface area contributed by atoms with E-state index in [2.05, 4.69) is 5.32 Å². The molecule has 5 aromatic rings. The van der Waals surface area contributed by atoms with Crippen LogP contribution >= 0.6 is 11.6 Å². The third kappa shape index (κ3) is 5.26. The summed E-state index contributed by atoms with van der Waals surface area (Å²) in [5.41, 5.74) is 6.08. The second-order valence-electron chi connectivity index (χ2n) is 8.81. The van der Waals surface area contributed by atoms with E-state index in [-0.39, 0.29) is 5.56 Å². The summed E-state index contributed by atoms with van der Waals surface area (Å²) in [5.74, 6) is -1.09. The minimum atomic E-state index is -1.03. The van der Waals surface area contributed by atoms with E-state index < -0.39 is 18.0 Å². The Bertz CT molecular complexity index is 1640. The maximum absolute atomic E-state index is 12.9. The van der Waals surface area contributed by atoms with Gasteiger partial charge in [0.15, 0.2) is 6.10 Å². The number of benzene rings is 4. The van der Waals surface area contributed by atoms with Crippen LogP contribution in [0.4, 0.5) is 5.69 Å². The first kappa shape index (κ1) is 25.1. The third-order valence-corrected chi connectivity index (χ3v) is 6.58. The van der Waals surface area contributed by atoms with Crippen molar-refractivity contribution in [3.63, 3.8) is 0 Å². The van der Waals surface area contributed by atoms with E-state index in [4.69, 9.17) is 26.3 Å². The molecule has 0 aliphatic carbocycles. The van der Waals surface area contributed by atoms with Crippen molar-refractivity contribution in [1.82, 2.24) is 9.97 Å². The lowest BCUT2D eigenvalue weighted by Crippen LogP contribution is -2.30. The molecule has 1 unspecified atom stereocenters. The highest BCUT2D eigenvalue weighted by Gasteiger charge is 2.21. The second kappa shape index (κ2) is 10.8. The number of aromatic nitrogens is 2. The van der Waals surface area contributed by atoms with Gasteiger partial charge >= 0.3 is 5.97 Å². The average molecular weight is 522 g/mol. The smallest absolute Gasteiger partial charge is 0.338 e. The molecule has 38 heavy (non-hydrogen) atoms. The highest BCUT2D eigenvalue weighted by Crippen LogP contribution is 2.31. The molecule has 0 radical (unpaired) electrons. The first-order chi connectivity index (χ1) is 18.4. The number of anilines is 1. The Labute approximate surface area is 225 Å². The van der Waals surface area contributed by atoms with Crippen LogP contribution in [0.25, 0.3) is 33.5 Å². The number of rotatable bonds is 6. The number of hydrogen-bond donors (Lipinski definition) is 1. The first-order valence-corrected chi connectivity index (χ1v) is 12.5. The number of esters is 1. The maximum Gasteiger partial charge on any atom is 0.338 e. The number of nitrogens with zero attached hydrogens (tertiary/aromatic N) is 2. The maximum atomic E-state index is 12.9. The van der Waals surface area contributed by atoms with Crippen molar-refractivity contribution in [3.05, 3.63) is 113 Å². The zero-order chi connectivity index (χ0) is 26.6. The molecule has 0 aliphatic rings. The van der Waals surface area contributed by atoms with Crippen LogP contribution in [0.3, 0.4) is 0 Å². The normalized spacial score (nSPS) is 11.7.